The third kappa shape index (κ3) is 4.84. The maximum absolute atomic E-state index is 13.1. The smallest absolute Gasteiger partial charge is 0.269 e. The first-order valence-corrected chi connectivity index (χ1v) is 9.53. The van der Waals surface area contributed by atoms with Gasteiger partial charge >= 0.3 is 0 Å². The molecular weight excluding hydrogens is 397 g/mol. The first-order valence-electron chi connectivity index (χ1n) is 9.53. The van der Waals surface area contributed by atoms with Gasteiger partial charge in [-0.15, -0.1) is 0 Å². The van der Waals surface area contributed by atoms with Crippen molar-refractivity contribution in [3.05, 3.63) is 112 Å². The van der Waals surface area contributed by atoms with E-state index in [1.54, 1.807) is 30.5 Å². The van der Waals surface area contributed by atoms with E-state index in [0.717, 1.165) is 21.9 Å². The van der Waals surface area contributed by atoms with Crippen molar-refractivity contribution in [1.82, 2.24) is 0 Å². The Hall–Kier alpha value is -4.26. The number of ether oxygens (including phenoxy) is 1. The Morgan fingerprint density at radius 3 is 2.45 bits per heavy atom. The maximum atomic E-state index is 13.1. The number of benzene rings is 4. The number of anilines is 1. The van der Waals surface area contributed by atoms with E-state index in [-0.39, 0.29) is 18.1 Å². The lowest BCUT2D eigenvalue weighted by Gasteiger charge is -2.12. The number of hydrazone groups is 1. The minimum atomic E-state index is -0.451. The molecule has 0 aliphatic rings. The predicted molar refractivity (Wildman–Crippen MR) is 119 cm³/mol. The second kappa shape index (κ2) is 9.04. The average Bonchev–Trinajstić information content (AvgIpc) is 2.79. The zero-order valence-electron chi connectivity index (χ0n) is 16.4. The highest BCUT2D eigenvalue weighted by molar-refractivity contribution is 6.02. The third-order valence-electron chi connectivity index (χ3n) is 4.70. The molecule has 0 saturated heterocycles. The Kier molecular flexibility index (Phi) is 5.84. The summed E-state index contributed by atoms with van der Waals surface area (Å²) in [5.74, 6) is 0.344. The molecule has 0 saturated carbocycles. The molecule has 7 heteroatoms. The van der Waals surface area contributed by atoms with Crippen LogP contribution in [0, 0.1) is 15.9 Å². The highest BCUT2D eigenvalue weighted by Gasteiger charge is 2.08. The third-order valence-corrected chi connectivity index (χ3v) is 4.70. The summed E-state index contributed by atoms with van der Waals surface area (Å²) in [7, 11) is 0. The van der Waals surface area contributed by atoms with Gasteiger partial charge in [0.15, 0.2) is 0 Å². The number of nitrogens with zero attached hydrogens (tertiary/aromatic N) is 2. The van der Waals surface area contributed by atoms with Crippen LogP contribution in [0.5, 0.6) is 5.75 Å². The van der Waals surface area contributed by atoms with Crippen molar-refractivity contribution < 1.29 is 14.1 Å². The largest absolute Gasteiger partial charge is 0.488 e. The molecule has 4 aromatic carbocycles. The van der Waals surface area contributed by atoms with E-state index in [4.69, 9.17) is 4.74 Å². The summed E-state index contributed by atoms with van der Waals surface area (Å²) in [6, 6.07) is 23.9. The quantitative estimate of drug-likeness (QED) is 0.231. The van der Waals surface area contributed by atoms with E-state index in [1.165, 1.54) is 24.3 Å². The number of hydrogen-bond donors (Lipinski definition) is 1. The van der Waals surface area contributed by atoms with Gasteiger partial charge in [0.05, 0.1) is 16.8 Å². The number of hydrogen-bond acceptors (Lipinski definition) is 5. The molecule has 0 unspecified atom stereocenters. The fourth-order valence-electron chi connectivity index (χ4n) is 3.11. The number of halogens is 1. The molecule has 6 nitrogen and oxygen atoms in total. The lowest BCUT2D eigenvalue weighted by Crippen LogP contribution is -2.00. The Bertz CT molecular complexity index is 1240. The van der Waals surface area contributed by atoms with Crippen LogP contribution in [-0.4, -0.2) is 11.1 Å². The molecule has 0 atom stereocenters. The van der Waals surface area contributed by atoms with Gasteiger partial charge in [-0.05, 0) is 46.7 Å². The van der Waals surface area contributed by atoms with Crippen molar-refractivity contribution in [1.29, 1.82) is 0 Å². The molecule has 0 spiro atoms. The van der Waals surface area contributed by atoms with Gasteiger partial charge in [-0.25, -0.2) is 4.39 Å². The summed E-state index contributed by atoms with van der Waals surface area (Å²) in [4.78, 5) is 10.3. The van der Waals surface area contributed by atoms with Gasteiger partial charge in [-0.3, -0.25) is 15.5 Å². The topological polar surface area (TPSA) is 76.8 Å². The normalized spacial score (nSPS) is 11.0. The molecule has 4 rings (SSSR count). The number of nitro benzene ring substituents is 1. The number of fused-ring (bicyclic) bond motifs is 1. The van der Waals surface area contributed by atoms with E-state index < -0.39 is 4.92 Å². The van der Waals surface area contributed by atoms with Crippen LogP contribution in [0.3, 0.4) is 0 Å². The summed E-state index contributed by atoms with van der Waals surface area (Å²) < 4.78 is 19.1. The van der Waals surface area contributed by atoms with E-state index in [1.807, 2.05) is 36.4 Å². The number of nitrogens with one attached hydrogen (secondary N) is 1. The fraction of sp³-hybridized carbons (Fsp3) is 0.0417. The highest BCUT2D eigenvalue weighted by Crippen LogP contribution is 2.27. The summed E-state index contributed by atoms with van der Waals surface area (Å²) in [6.07, 6.45) is 1.66. The zero-order chi connectivity index (χ0) is 21.6. The second-order valence-electron chi connectivity index (χ2n) is 6.79. The summed E-state index contributed by atoms with van der Waals surface area (Å²) >= 11 is 0. The molecular formula is C24H18FN3O3. The Labute approximate surface area is 177 Å². The molecule has 31 heavy (non-hydrogen) atoms. The SMILES string of the molecule is O=[N+]([O-])c1ccc(N/N=C/c2c(OCc3ccc(F)cc3)ccc3ccccc23)cc1. The van der Waals surface area contributed by atoms with Crippen molar-refractivity contribution in [2.24, 2.45) is 5.10 Å². The Morgan fingerprint density at radius 1 is 0.968 bits per heavy atom. The minimum Gasteiger partial charge on any atom is -0.488 e. The van der Waals surface area contributed by atoms with E-state index in [9.17, 15) is 14.5 Å². The fourth-order valence-corrected chi connectivity index (χ4v) is 3.11. The van der Waals surface area contributed by atoms with Gasteiger partial charge in [0.2, 0.25) is 0 Å². The lowest BCUT2D eigenvalue weighted by atomic mass is 10.0. The molecule has 0 heterocycles. The number of rotatable bonds is 7. The summed E-state index contributed by atoms with van der Waals surface area (Å²) in [6.45, 7) is 0.287. The van der Waals surface area contributed by atoms with Crippen molar-refractivity contribution in [2.45, 2.75) is 6.61 Å². The van der Waals surface area contributed by atoms with Crippen LogP contribution in [0.25, 0.3) is 10.8 Å². The molecule has 0 aliphatic carbocycles. The average molecular weight is 415 g/mol. The van der Waals surface area contributed by atoms with Crippen LogP contribution in [0.2, 0.25) is 0 Å². The lowest BCUT2D eigenvalue weighted by molar-refractivity contribution is -0.384. The molecule has 154 valence electrons. The Balaban J connectivity index is 1.58. The predicted octanol–water partition coefficient (Wildman–Crippen LogP) is 5.91. The minimum absolute atomic E-state index is 0.0139. The first-order chi connectivity index (χ1) is 15.1. The van der Waals surface area contributed by atoms with Gasteiger partial charge in [0.1, 0.15) is 18.2 Å². The van der Waals surface area contributed by atoms with Crippen LogP contribution >= 0.6 is 0 Å². The van der Waals surface area contributed by atoms with Crippen molar-refractivity contribution >= 4 is 28.4 Å². The van der Waals surface area contributed by atoms with Crippen molar-refractivity contribution in [2.75, 3.05) is 5.43 Å². The van der Waals surface area contributed by atoms with Crippen LogP contribution in [0.1, 0.15) is 11.1 Å². The maximum Gasteiger partial charge on any atom is 0.269 e. The molecule has 0 aromatic heterocycles. The Morgan fingerprint density at radius 2 is 1.71 bits per heavy atom. The van der Waals surface area contributed by atoms with Gasteiger partial charge in [0.25, 0.3) is 5.69 Å². The number of nitro groups is 1. The standard InChI is InChI=1S/C24H18FN3O3/c25-19-8-5-17(6-9-19)16-31-24-14-7-18-3-1-2-4-22(18)23(24)15-26-27-20-10-12-21(13-11-20)28(29)30/h1-15,27H,16H2/b26-15+. The van der Waals surface area contributed by atoms with Crippen LogP contribution in [0.15, 0.2) is 90.0 Å². The van der Waals surface area contributed by atoms with Gasteiger partial charge in [-0.2, -0.15) is 5.10 Å². The van der Waals surface area contributed by atoms with Crippen molar-refractivity contribution in [3.8, 4) is 5.75 Å². The van der Waals surface area contributed by atoms with E-state index in [2.05, 4.69) is 10.5 Å². The molecule has 0 amide bonds. The number of non-ortho nitro benzene ring substituents is 1. The van der Waals surface area contributed by atoms with Crippen molar-refractivity contribution in [3.63, 3.8) is 0 Å². The molecule has 4 aromatic rings. The van der Waals surface area contributed by atoms with Gasteiger partial charge < -0.3 is 4.74 Å². The second-order valence-corrected chi connectivity index (χ2v) is 6.79. The monoisotopic (exact) mass is 415 g/mol. The summed E-state index contributed by atoms with van der Waals surface area (Å²) in [5, 5.41) is 17.1. The zero-order valence-corrected chi connectivity index (χ0v) is 16.4. The molecule has 1 N–H and O–H groups in total. The van der Waals surface area contributed by atoms with E-state index in [0.29, 0.717) is 11.4 Å². The van der Waals surface area contributed by atoms with E-state index >= 15 is 0 Å². The summed E-state index contributed by atoms with van der Waals surface area (Å²) in [5.41, 5.74) is 5.15. The van der Waals surface area contributed by atoms with Crippen LogP contribution < -0.4 is 10.2 Å². The molecule has 0 bridgehead atoms. The van der Waals surface area contributed by atoms with Gasteiger partial charge in [-0.1, -0.05) is 42.5 Å². The molecule has 0 fully saturated rings. The highest BCUT2D eigenvalue weighted by atomic mass is 19.1. The first kappa shape index (κ1) is 20.0. The van der Waals surface area contributed by atoms with Crippen LogP contribution in [-0.2, 0) is 6.61 Å². The molecule has 0 aliphatic heterocycles. The van der Waals surface area contributed by atoms with Gasteiger partial charge in [0, 0.05) is 17.7 Å². The van der Waals surface area contributed by atoms with Crippen LogP contribution in [0.4, 0.5) is 15.8 Å². The molecule has 0 radical (unpaired) electrons.